The maximum Gasteiger partial charge on any atom is 0.191 e. The quantitative estimate of drug-likeness (QED) is 0.795. The van der Waals surface area contributed by atoms with Gasteiger partial charge in [0, 0.05) is 25.9 Å². The number of guanidine groups is 1. The average Bonchev–Trinajstić information content (AvgIpc) is 2.51. The van der Waals surface area contributed by atoms with Crippen LogP contribution in [-0.2, 0) is 4.79 Å². The molecule has 0 aromatic carbocycles. The van der Waals surface area contributed by atoms with E-state index >= 15 is 0 Å². The summed E-state index contributed by atoms with van der Waals surface area (Å²) in [6.07, 6.45) is 0.734. The number of likely N-dealkylation sites (N-methyl/N-ethyl adjacent to an activating group) is 1. The van der Waals surface area contributed by atoms with Crippen molar-refractivity contribution in [2.75, 3.05) is 20.1 Å². The van der Waals surface area contributed by atoms with Gasteiger partial charge < -0.3 is 10.6 Å². The maximum atomic E-state index is 11.0. The summed E-state index contributed by atoms with van der Waals surface area (Å²) in [4.78, 5) is 16.8. The second-order valence-corrected chi connectivity index (χ2v) is 4.88. The number of ketones is 1. The van der Waals surface area contributed by atoms with E-state index in [0.29, 0.717) is 17.7 Å². The molecule has 1 aliphatic rings. The van der Waals surface area contributed by atoms with Gasteiger partial charge in [0.25, 0.3) is 0 Å². The number of hydrogen-bond donors (Lipinski definition) is 1. The lowest BCUT2D eigenvalue weighted by atomic mass is 9.99. The van der Waals surface area contributed by atoms with Crippen LogP contribution in [0.2, 0.25) is 0 Å². The Labute approximate surface area is 98.9 Å². The van der Waals surface area contributed by atoms with Gasteiger partial charge >= 0.3 is 0 Å². The molecule has 1 heterocycles. The van der Waals surface area contributed by atoms with E-state index in [1.807, 2.05) is 25.8 Å². The molecule has 0 atom stereocenters. The highest BCUT2D eigenvalue weighted by Crippen LogP contribution is 2.06. The Morgan fingerprint density at radius 3 is 2.12 bits per heavy atom. The van der Waals surface area contributed by atoms with Gasteiger partial charge in [0.15, 0.2) is 5.96 Å². The predicted octanol–water partition coefficient (Wildman–Crippen LogP) is 1.50. The molecule has 4 heteroatoms. The molecule has 94 valence electrons. The molecular formula is C12H25N3O. The van der Waals surface area contributed by atoms with Crippen molar-refractivity contribution < 1.29 is 4.79 Å². The number of nitrogens with zero attached hydrogens (tertiary/aromatic N) is 2. The maximum absolute atomic E-state index is 11.0. The van der Waals surface area contributed by atoms with Crippen molar-refractivity contribution in [1.29, 1.82) is 0 Å². The van der Waals surface area contributed by atoms with Gasteiger partial charge in [-0.05, 0) is 5.92 Å². The zero-order chi connectivity index (χ0) is 12.7. The van der Waals surface area contributed by atoms with Crippen molar-refractivity contribution in [2.45, 2.75) is 34.1 Å². The van der Waals surface area contributed by atoms with Crippen LogP contribution in [0.4, 0.5) is 0 Å². The molecule has 2 N–H and O–H groups in total. The van der Waals surface area contributed by atoms with E-state index in [1.54, 1.807) is 0 Å². The Kier molecular flexibility index (Phi) is 6.77. The molecule has 0 saturated heterocycles. The molecule has 0 spiro atoms. The van der Waals surface area contributed by atoms with Crippen LogP contribution in [0.15, 0.2) is 4.99 Å². The number of carbonyl (C=O) groups excluding carboxylic acids is 1. The summed E-state index contributed by atoms with van der Waals surface area (Å²) in [6, 6.07) is 0. The highest BCUT2D eigenvalue weighted by atomic mass is 16.1. The average molecular weight is 227 g/mol. The lowest BCUT2D eigenvalue weighted by molar-refractivity contribution is -0.122. The minimum atomic E-state index is 0.215. The third-order valence-electron chi connectivity index (χ3n) is 2.35. The van der Waals surface area contributed by atoms with Crippen molar-refractivity contribution in [3.8, 4) is 0 Å². The Morgan fingerprint density at radius 2 is 2.00 bits per heavy atom. The van der Waals surface area contributed by atoms with Crippen LogP contribution in [0.1, 0.15) is 34.1 Å². The Balaban J connectivity index is 0.000000288. The van der Waals surface area contributed by atoms with Crippen molar-refractivity contribution in [2.24, 2.45) is 22.6 Å². The lowest BCUT2D eigenvalue weighted by Crippen LogP contribution is -2.29. The fourth-order valence-corrected chi connectivity index (χ4v) is 1.19. The van der Waals surface area contributed by atoms with Crippen LogP contribution in [0.3, 0.4) is 0 Å². The summed E-state index contributed by atoms with van der Waals surface area (Å²) < 4.78 is 0. The van der Waals surface area contributed by atoms with Gasteiger partial charge in [-0.3, -0.25) is 9.79 Å². The number of carbonyl (C=O) groups is 1. The summed E-state index contributed by atoms with van der Waals surface area (Å²) in [5, 5.41) is 0. The predicted molar refractivity (Wildman–Crippen MR) is 68.4 cm³/mol. The van der Waals surface area contributed by atoms with Crippen molar-refractivity contribution in [1.82, 2.24) is 4.90 Å². The van der Waals surface area contributed by atoms with E-state index in [0.717, 1.165) is 19.5 Å². The first-order valence-electron chi connectivity index (χ1n) is 5.88. The number of nitrogens with two attached hydrogens (primary N) is 1. The molecule has 0 aliphatic carbocycles. The van der Waals surface area contributed by atoms with Crippen LogP contribution in [0.5, 0.6) is 0 Å². The summed E-state index contributed by atoms with van der Waals surface area (Å²) in [5.41, 5.74) is 5.35. The van der Waals surface area contributed by atoms with Crippen LogP contribution < -0.4 is 5.73 Å². The standard InChI is InChI=1S/C8H16O.C4H9N3/c1-6(2)5-8(9)7(3)4;1-7-3-2-6-4(7)5/h6-7H,5H2,1-4H3;2-3H2,1H3,(H2,5,6). The second kappa shape index (κ2) is 7.25. The minimum absolute atomic E-state index is 0.215. The second-order valence-electron chi connectivity index (χ2n) is 4.88. The molecule has 16 heavy (non-hydrogen) atoms. The zero-order valence-electron chi connectivity index (χ0n) is 11.2. The largest absolute Gasteiger partial charge is 0.370 e. The van der Waals surface area contributed by atoms with Crippen molar-refractivity contribution >= 4 is 11.7 Å². The molecule has 0 amide bonds. The Morgan fingerprint density at radius 1 is 1.44 bits per heavy atom. The van der Waals surface area contributed by atoms with E-state index < -0.39 is 0 Å². The molecule has 1 aliphatic heterocycles. The summed E-state index contributed by atoms with van der Waals surface area (Å²) in [6.45, 7) is 9.88. The number of Topliss-reactive ketones (excluding diaryl/α,β-unsaturated/α-hetero) is 1. The first kappa shape index (κ1) is 14.9. The fourth-order valence-electron chi connectivity index (χ4n) is 1.19. The van der Waals surface area contributed by atoms with Gasteiger partial charge in [-0.2, -0.15) is 0 Å². The van der Waals surface area contributed by atoms with E-state index in [9.17, 15) is 4.79 Å². The molecule has 0 aromatic heterocycles. The SMILES string of the molecule is CC(C)CC(=O)C(C)C.CN1CCN=C1N. The Bertz CT molecular complexity index is 247. The number of aliphatic imine (C=N–C) groups is 1. The summed E-state index contributed by atoms with van der Waals surface area (Å²) in [5.74, 6) is 1.78. The first-order valence-corrected chi connectivity index (χ1v) is 5.88. The Hall–Kier alpha value is -1.06. The van der Waals surface area contributed by atoms with Crippen LogP contribution in [0.25, 0.3) is 0 Å². The van der Waals surface area contributed by atoms with Crippen molar-refractivity contribution in [3.63, 3.8) is 0 Å². The third-order valence-corrected chi connectivity index (χ3v) is 2.35. The molecule has 4 nitrogen and oxygen atoms in total. The number of hydrogen-bond acceptors (Lipinski definition) is 4. The van der Waals surface area contributed by atoms with Gasteiger partial charge in [-0.25, -0.2) is 0 Å². The molecule has 0 radical (unpaired) electrons. The molecule has 1 rings (SSSR count). The highest BCUT2D eigenvalue weighted by molar-refractivity contribution is 5.80. The van der Waals surface area contributed by atoms with Gasteiger partial charge in [0.1, 0.15) is 5.78 Å². The monoisotopic (exact) mass is 227 g/mol. The fraction of sp³-hybridized carbons (Fsp3) is 0.833. The molecule has 0 saturated carbocycles. The zero-order valence-corrected chi connectivity index (χ0v) is 11.2. The summed E-state index contributed by atoms with van der Waals surface area (Å²) >= 11 is 0. The third kappa shape index (κ3) is 6.43. The highest BCUT2D eigenvalue weighted by Gasteiger charge is 2.08. The molecule has 0 unspecified atom stereocenters. The molecule has 0 aromatic rings. The van der Waals surface area contributed by atoms with Crippen LogP contribution in [-0.4, -0.2) is 36.8 Å². The van der Waals surface area contributed by atoms with E-state index in [1.165, 1.54) is 0 Å². The topological polar surface area (TPSA) is 58.7 Å². The van der Waals surface area contributed by atoms with E-state index in [-0.39, 0.29) is 5.92 Å². The van der Waals surface area contributed by atoms with Gasteiger partial charge in [0.05, 0.1) is 6.54 Å². The van der Waals surface area contributed by atoms with Crippen molar-refractivity contribution in [3.05, 3.63) is 0 Å². The summed E-state index contributed by atoms with van der Waals surface area (Å²) in [7, 11) is 1.94. The smallest absolute Gasteiger partial charge is 0.191 e. The molecular weight excluding hydrogens is 202 g/mol. The van der Waals surface area contributed by atoms with Gasteiger partial charge in [0.2, 0.25) is 0 Å². The van der Waals surface area contributed by atoms with Crippen LogP contribution >= 0.6 is 0 Å². The van der Waals surface area contributed by atoms with E-state index in [2.05, 4.69) is 18.8 Å². The van der Waals surface area contributed by atoms with Crippen LogP contribution in [0, 0.1) is 11.8 Å². The van der Waals surface area contributed by atoms with Gasteiger partial charge in [-0.1, -0.05) is 27.7 Å². The van der Waals surface area contributed by atoms with Gasteiger partial charge in [-0.15, -0.1) is 0 Å². The molecule has 0 fully saturated rings. The minimum Gasteiger partial charge on any atom is -0.370 e. The lowest BCUT2D eigenvalue weighted by Gasteiger charge is -2.06. The van der Waals surface area contributed by atoms with E-state index in [4.69, 9.17) is 5.73 Å². The normalized spacial score (nSPS) is 14.9. The number of rotatable bonds is 3. The molecule has 0 bridgehead atoms. The first-order chi connectivity index (χ1) is 7.34.